The molecule has 0 aromatic rings. The third kappa shape index (κ3) is 1.32. The summed E-state index contributed by atoms with van der Waals surface area (Å²) < 4.78 is 0. The topological polar surface area (TPSA) is 12.0 Å². The van der Waals surface area contributed by atoms with E-state index in [1.54, 1.807) is 0 Å². The number of rotatable bonds is 1. The molecule has 1 fully saturated rings. The van der Waals surface area contributed by atoms with Crippen molar-refractivity contribution in [3.8, 4) is 0 Å². The van der Waals surface area contributed by atoms with Gasteiger partial charge in [0.05, 0.1) is 0 Å². The highest BCUT2D eigenvalue weighted by Crippen LogP contribution is 2.42. The Hall–Kier alpha value is -0.720. The average Bonchev–Trinajstić information content (AvgIpc) is 2.69. The van der Waals surface area contributed by atoms with Gasteiger partial charge in [-0.15, -0.1) is 0 Å². The van der Waals surface area contributed by atoms with Crippen LogP contribution in [0.4, 0.5) is 0 Å². The smallest absolute Gasteiger partial charge is 0.0357 e. The SMILES string of the molecule is CC1=CC=C([C@H]2CC2C)NC1. The maximum absolute atomic E-state index is 3.45. The van der Waals surface area contributed by atoms with Crippen LogP contribution in [0.25, 0.3) is 0 Å². The van der Waals surface area contributed by atoms with E-state index in [0.717, 1.165) is 18.4 Å². The first-order valence-corrected chi connectivity index (χ1v) is 4.38. The van der Waals surface area contributed by atoms with Crippen molar-refractivity contribution >= 4 is 0 Å². The fourth-order valence-electron chi connectivity index (χ4n) is 1.60. The summed E-state index contributed by atoms with van der Waals surface area (Å²) in [5.41, 5.74) is 2.89. The molecule has 2 atom stereocenters. The second kappa shape index (κ2) is 2.40. The van der Waals surface area contributed by atoms with Crippen LogP contribution in [0.1, 0.15) is 20.3 Å². The van der Waals surface area contributed by atoms with E-state index in [2.05, 4.69) is 31.3 Å². The third-order valence-electron chi connectivity index (χ3n) is 2.63. The highest BCUT2D eigenvalue weighted by atomic mass is 14.9. The van der Waals surface area contributed by atoms with Gasteiger partial charge in [0.15, 0.2) is 0 Å². The summed E-state index contributed by atoms with van der Waals surface area (Å²) in [4.78, 5) is 0. The Morgan fingerprint density at radius 2 is 2.18 bits per heavy atom. The van der Waals surface area contributed by atoms with Gasteiger partial charge in [0.1, 0.15) is 0 Å². The lowest BCUT2D eigenvalue weighted by Crippen LogP contribution is -2.20. The Labute approximate surface area is 68.2 Å². The second-order valence-corrected chi connectivity index (χ2v) is 3.81. The van der Waals surface area contributed by atoms with Crippen molar-refractivity contribution in [2.75, 3.05) is 6.54 Å². The molecule has 0 bridgehead atoms. The molecule has 0 aromatic carbocycles. The van der Waals surface area contributed by atoms with Gasteiger partial charge in [-0.2, -0.15) is 0 Å². The number of hydrogen-bond acceptors (Lipinski definition) is 1. The molecule has 2 aliphatic rings. The minimum atomic E-state index is 0.847. The standard InChI is InChI=1S/C10H15N/c1-7-3-4-10(11-6-7)9-5-8(9)2/h3-4,8-9,11H,5-6H2,1-2H3/t8?,9-/m0/s1. The van der Waals surface area contributed by atoms with E-state index in [0.29, 0.717) is 0 Å². The summed E-state index contributed by atoms with van der Waals surface area (Å²) in [5.74, 6) is 1.76. The molecule has 1 saturated carbocycles. The minimum absolute atomic E-state index is 0.847. The van der Waals surface area contributed by atoms with Crippen molar-refractivity contribution in [3.05, 3.63) is 23.4 Å². The van der Waals surface area contributed by atoms with Gasteiger partial charge >= 0.3 is 0 Å². The minimum Gasteiger partial charge on any atom is -0.384 e. The molecule has 0 saturated heterocycles. The van der Waals surface area contributed by atoms with Gasteiger partial charge in [0.25, 0.3) is 0 Å². The Balaban J connectivity index is 2.05. The van der Waals surface area contributed by atoms with Gasteiger partial charge in [-0.25, -0.2) is 0 Å². The van der Waals surface area contributed by atoms with Gasteiger partial charge in [0.2, 0.25) is 0 Å². The number of nitrogens with one attached hydrogen (secondary N) is 1. The Kier molecular flexibility index (Phi) is 1.52. The lowest BCUT2D eigenvalue weighted by atomic mass is 10.1. The Morgan fingerprint density at radius 1 is 1.45 bits per heavy atom. The van der Waals surface area contributed by atoms with Crippen LogP contribution in [-0.2, 0) is 0 Å². The van der Waals surface area contributed by atoms with Crippen LogP contribution in [0.15, 0.2) is 23.4 Å². The molecule has 1 unspecified atom stereocenters. The number of dihydropyridines is 1. The van der Waals surface area contributed by atoms with Crippen LogP contribution < -0.4 is 5.32 Å². The van der Waals surface area contributed by atoms with Crippen molar-refractivity contribution < 1.29 is 0 Å². The van der Waals surface area contributed by atoms with Crippen LogP contribution in [0.3, 0.4) is 0 Å². The summed E-state index contributed by atoms with van der Waals surface area (Å²) in [6.45, 7) is 5.53. The lowest BCUT2D eigenvalue weighted by Gasteiger charge is -2.14. The highest BCUT2D eigenvalue weighted by molar-refractivity contribution is 5.26. The maximum Gasteiger partial charge on any atom is 0.0357 e. The highest BCUT2D eigenvalue weighted by Gasteiger charge is 2.35. The summed E-state index contributed by atoms with van der Waals surface area (Å²) >= 11 is 0. The van der Waals surface area contributed by atoms with Crippen molar-refractivity contribution in [3.63, 3.8) is 0 Å². The molecule has 0 radical (unpaired) electrons. The van der Waals surface area contributed by atoms with Gasteiger partial charge in [-0.1, -0.05) is 18.6 Å². The Bertz CT molecular complexity index is 225. The molecular weight excluding hydrogens is 134 g/mol. The molecule has 1 heterocycles. The van der Waals surface area contributed by atoms with E-state index in [1.807, 2.05) is 0 Å². The molecule has 0 amide bonds. The average molecular weight is 149 g/mol. The predicted octanol–water partition coefficient (Wildman–Crippen LogP) is 2.08. The summed E-state index contributed by atoms with van der Waals surface area (Å²) in [7, 11) is 0. The van der Waals surface area contributed by atoms with E-state index in [9.17, 15) is 0 Å². The van der Waals surface area contributed by atoms with Crippen LogP contribution in [-0.4, -0.2) is 6.54 Å². The number of allylic oxidation sites excluding steroid dienone is 3. The molecule has 1 nitrogen and oxygen atoms in total. The third-order valence-corrected chi connectivity index (χ3v) is 2.63. The van der Waals surface area contributed by atoms with Crippen LogP contribution in [0.5, 0.6) is 0 Å². The summed E-state index contributed by atoms with van der Waals surface area (Å²) in [6.07, 6.45) is 5.86. The normalized spacial score (nSPS) is 35.5. The molecule has 1 aliphatic heterocycles. The monoisotopic (exact) mass is 149 g/mol. The van der Waals surface area contributed by atoms with Gasteiger partial charge in [-0.3, -0.25) is 0 Å². The molecular formula is C10H15N. The summed E-state index contributed by atoms with van der Waals surface area (Å²) in [5, 5.41) is 3.45. The van der Waals surface area contributed by atoms with Crippen molar-refractivity contribution in [1.29, 1.82) is 0 Å². The van der Waals surface area contributed by atoms with Gasteiger partial charge in [-0.05, 0) is 25.3 Å². The second-order valence-electron chi connectivity index (χ2n) is 3.81. The van der Waals surface area contributed by atoms with E-state index >= 15 is 0 Å². The summed E-state index contributed by atoms with van der Waals surface area (Å²) in [6, 6.07) is 0. The van der Waals surface area contributed by atoms with Crippen molar-refractivity contribution in [2.45, 2.75) is 20.3 Å². The lowest BCUT2D eigenvalue weighted by molar-refractivity contribution is 0.732. The zero-order valence-electron chi connectivity index (χ0n) is 7.22. The van der Waals surface area contributed by atoms with Crippen LogP contribution in [0, 0.1) is 11.8 Å². The van der Waals surface area contributed by atoms with Crippen molar-refractivity contribution in [2.24, 2.45) is 11.8 Å². The van der Waals surface area contributed by atoms with Crippen LogP contribution >= 0.6 is 0 Å². The predicted molar refractivity (Wildman–Crippen MR) is 47.1 cm³/mol. The van der Waals surface area contributed by atoms with Gasteiger partial charge in [0, 0.05) is 18.2 Å². The van der Waals surface area contributed by atoms with Crippen molar-refractivity contribution in [1.82, 2.24) is 5.32 Å². The largest absolute Gasteiger partial charge is 0.384 e. The number of hydrogen-bond donors (Lipinski definition) is 1. The maximum atomic E-state index is 3.45. The molecule has 11 heavy (non-hydrogen) atoms. The van der Waals surface area contributed by atoms with Gasteiger partial charge < -0.3 is 5.32 Å². The zero-order chi connectivity index (χ0) is 7.84. The molecule has 1 N–H and O–H groups in total. The van der Waals surface area contributed by atoms with Crippen LogP contribution in [0.2, 0.25) is 0 Å². The van der Waals surface area contributed by atoms with E-state index in [1.165, 1.54) is 17.7 Å². The Morgan fingerprint density at radius 3 is 2.64 bits per heavy atom. The van der Waals surface area contributed by atoms with E-state index < -0.39 is 0 Å². The first-order valence-electron chi connectivity index (χ1n) is 4.38. The quantitative estimate of drug-likeness (QED) is 0.602. The first-order chi connectivity index (χ1) is 5.27. The fourth-order valence-corrected chi connectivity index (χ4v) is 1.60. The zero-order valence-corrected chi connectivity index (χ0v) is 7.22. The molecule has 1 aliphatic carbocycles. The molecule has 0 aromatic heterocycles. The molecule has 60 valence electrons. The molecule has 0 spiro atoms. The first kappa shape index (κ1) is 6.96. The van der Waals surface area contributed by atoms with E-state index in [-0.39, 0.29) is 0 Å². The molecule has 2 rings (SSSR count). The van der Waals surface area contributed by atoms with E-state index in [4.69, 9.17) is 0 Å². The fraction of sp³-hybridized carbons (Fsp3) is 0.600. The molecule has 1 heteroatoms.